The summed E-state index contributed by atoms with van der Waals surface area (Å²) in [5.41, 5.74) is 11.4. The van der Waals surface area contributed by atoms with Crippen molar-refractivity contribution in [3.05, 3.63) is 65.7 Å². The molecule has 0 amide bonds. The van der Waals surface area contributed by atoms with Crippen molar-refractivity contribution in [2.45, 2.75) is 52.1 Å². The van der Waals surface area contributed by atoms with E-state index in [0.29, 0.717) is 12.0 Å². The lowest BCUT2D eigenvalue weighted by Gasteiger charge is -2.48. The number of hydrogen-bond donors (Lipinski definition) is 4. The Labute approximate surface area is 185 Å². The Morgan fingerprint density at radius 1 is 1.10 bits per heavy atom. The molecular weight excluding hydrogens is 386 g/mol. The number of fused-ring (bicyclic) bond motifs is 1. The van der Waals surface area contributed by atoms with Crippen LogP contribution >= 0.6 is 0 Å². The van der Waals surface area contributed by atoms with Gasteiger partial charge in [-0.05, 0) is 30.9 Å². The highest BCUT2D eigenvalue weighted by atomic mass is 15.4. The molecule has 4 rings (SSSR count). The summed E-state index contributed by atoms with van der Waals surface area (Å²) in [4.78, 5) is 4.78. The minimum atomic E-state index is -0.364. The molecule has 7 nitrogen and oxygen atoms in total. The third-order valence-electron chi connectivity index (χ3n) is 6.62. The molecule has 4 atom stereocenters. The monoisotopic (exact) mass is 421 g/mol. The van der Waals surface area contributed by atoms with Crippen molar-refractivity contribution in [2.24, 2.45) is 11.0 Å². The van der Waals surface area contributed by atoms with E-state index in [2.05, 4.69) is 107 Å². The maximum Gasteiger partial charge on any atom is 0.196 e. The lowest BCUT2D eigenvalue weighted by Crippen LogP contribution is -2.61. The first-order chi connectivity index (χ1) is 15.0. The van der Waals surface area contributed by atoms with Gasteiger partial charge in [-0.25, -0.2) is 5.53 Å². The summed E-state index contributed by atoms with van der Waals surface area (Å²) in [6.45, 7) is 11.3. The highest BCUT2D eigenvalue weighted by Gasteiger charge is 2.36. The molecule has 1 aromatic carbocycles. The zero-order valence-corrected chi connectivity index (χ0v) is 19.0. The van der Waals surface area contributed by atoms with Crippen LogP contribution in [0.2, 0.25) is 0 Å². The fraction of sp³-hybridized carbons (Fsp3) is 0.500. The molecule has 0 saturated carbocycles. The first-order valence-electron chi connectivity index (χ1n) is 11.3. The van der Waals surface area contributed by atoms with E-state index in [1.807, 2.05) is 0 Å². The quantitative estimate of drug-likeness (QED) is 0.529. The van der Waals surface area contributed by atoms with Crippen molar-refractivity contribution < 1.29 is 0 Å². The largest absolute Gasteiger partial charge is 0.379 e. The predicted octanol–water partition coefficient (Wildman–Crippen LogP) is 3.53. The Hall–Kier alpha value is -2.80. The van der Waals surface area contributed by atoms with E-state index in [4.69, 9.17) is 5.53 Å². The van der Waals surface area contributed by atoms with Crippen molar-refractivity contribution in [3.8, 4) is 0 Å². The molecule has 2 heterocycles. The minimum Gasteiger partial charge on any atom is -0.379 e. The Kier molecular flexibility index (Phi) is 6.32. The van der Waals surface area contributed by atoms with Crippen molar-refractivity contribution in [3.63, 3.8) is 0 Å². The van der Waals surface area contributed by atoms with Gasteiger partial charge in [0.25, 0.3) is 0 Å². The Balaban J connectivity index is 1.49. The molecule has 4 unspecified atom stereocenters. The molecule has 3 aliphatic rings. The molecule has 0 radical (unpaired) electrons. The second kappa shape index (κ2) is 9.14. The van der Waals surface area contributed by atoms with Gasteiger partial charge >= 0.3 is 0 Å². The summed E-state index contributed by atoms with van der Waals surface area (Å²) in [6.07, 6.45) is 10.3. The van der Waals surface area contributed by atoms with Crippen LogP contribution in [-0.2, 0) is 0 Å². The maximum atomic E-state index is 7.92. The molecule has 1 fully saturated rings. The molecule has 31 heavy (non-hydrogen) atoms. The van der Waals surface area contributed by atoms with Crippen LogP contribution in [0, 0.1) is 25.3 Å². The SMILES string of the molecule is Cc1cccc(C)c1NC(N=N)N1CCN(C2=CNC3C=CC=CC3N2)CC1C(C)C. The van der Waals surface area contributed by atoms with Gasteiger partial charge in [0.05, 0.1) is 12.1 Å². The predicted molar refractivity (Wildman–Crippen MR) is 126 cm³/mol. The fourth-order valence-corrected chi connectivity index (χ4v) is 4.78. The van der Waals surface area contributed by atoms with E-state index in [-0.39, 0.29) is 18.4 Å². The average Bonchev–Trinajstić information content (AvgIpc) is 2.78. The van der Waals surface area contributed by atoms with Gasteiger partial charge < -0.3 is 20.9 Å². The Morgan fingerprint density at radius 3 is 2.48 bits per heavy atom. The summed E-state index contributed by atoms with van der Waals surface area (Å²) in [5.74, 6) is 1.59. The van der Waals surface area contributed by atoms with Crippen LogP contribution in [0.5, 0.6) is 0 Å². The number of piperazine rings is 1. The molecule has 166 valence electrons. The standard InChI is InChI=1S/C24H35N7/c1-16(2)21-15-30(22-14-26-19-10-5-6-11-20(19)27-22)12-13-31(21)24(29-25)28-23-17(3)8-7-9-18(23)4/h5-11,14,16,19-21,24-28H,12-13,15H2,1-4H3. The van der Waals surface area contributed by atoms with Gasteiger partial charge in [-0.1, -0.05) is 56.4 Å². The molecule has 0 spiro atoms. The number of hydrogen-bond acceptors (Lipinski definition) is 7. The molecule has 0 aromatic heterocycles. The zero-order valence-electron chi connectivity index (χ0n) is 19.0. The number of allylic oxidation sites excluding steroid dienone is 2. The van der Waals surface area contributed by atoms with Gasteiger partial charge in [0, 0.05) is 37.6 Å². The van der Waals surface area contributed by atoms with Gasteiger partial charge in [-0.2, -0.15) is 5.11 Å². The number of nitrogens with one attached hydrogen (secondary N) is 4. The van der Waals surface area contributed by atoms with Crippen LogP contribution in [0.4, 0.5) is 5.69 Å². The Bertz CT molecular complexity index is 868. The van der Waals surface area contributed by atoms with Crippen LogP contribution in [0.25, 0.3) is 0 Å². The van der Waals surface area contributed by atoms with Crippen LogP contribution in [-0.4, -0.2) is 53.8 Å². The minimum absolute atomic E-state index is 0.280. The first-order valence-corrected chi connectivity index (χ1v) is 11.3. The van der Waals surface area contributed by atoms with Gasteiger partial charge in [0.1, 0.15) is 5.82 Å². The van der Waals surface area contributed by atoms with Gasteiger partial charge in [0.2, 0.25) is 0 Å². The third-order valence-corrected chi connectivity index (χ3v) is 6.62. The van der Waals surface area contributed by atoms with Crippen LogP contribution in [0.15, 0.2) is 59.6 Å². The van der Waals surface area contributed by atoms with E-state index in [1.165, 1.54) is 11.1 Å². The molecule has 7 heteroatoms. The normalized spacial score (nSPS) is 26.5. The van der Waals surface area contributed by atoms with Crippen LogP contribution < -0.4 is 16.0 Å². The molecular formula is C24H35N7. The van der Waals surface area contributed by atoms with Crippen LogP contribution in [0.1, 0.15) is 25.0 Å². The first kappa shape index (κ1) is 21.4. The average molecular weight is 422 g/mol. The van der Waals surface area contributed by atoms with Crippen molar-refractivity contribution >= 4 is 5.69 Å². The Morgan fingerprint density at radius 2 is 1.81 bits per heavy atom. The van der Waals surface area contributed by atoms with Gasteiger partial charge in [-0.3, -0.25) is 4.90 Å². The zero-order chi connectivity index (χ0) is 22.0. The molecule has 4 N–H and O–H groups in total. The van der Waals surface area contributed by atoms with E-state index in [0.717, 1.165) is 31.1 Å². The second-order valence-corrected chi connectivity index (χ2v) is 9.07. The fourth-order valence-electron chi connectivity index (χ4n) is 4.78. The summed E-state index contributed by atoms with van der Waals surface area (Å²) < 4.78 is 0. The highest BCUT2D eigenvalue weighted by Crippen LogP contribution is 2.27. The topological polar surface area (TPSA) is 78.8 Å². The molecule has 1 aromatic rings. The smallest absolute Gasteiger partial charge is 0.196 e. The number of anilines is 1. The number of benzene rings is 1. The molecule has 1 saturated heterocycles. The maximum absolute atomic E-state index is 7.92. The number of rotatable bonds is 6. The van der Waals surface area contributed by atoms with Gasteiger partial charge in [-0.15, -0.1) is 0 Å². The van der Waals surface area contributed by atoms with Crippen molar-refractivity contribution in [1.29, 1.82) is 5.53 Å². The summed E-state index contributed by atoms with van der Waals surface area (Å²) >= 11 is 0. The summed E-state index contributed by atoms with van der Waals surface area (Å²) in [6, 6.07) is 7.15. The number of aryl methyl sites for hydroxylation is 2. The van der Waals surface area contributed by atoms with Crippen molar-refractivity contribution in [1.82, 2.24) is 20.4 Å². The second-order valence-electron chi connectivity index (χ2n) is 9.07. The number of nitrogens with zero attached hydrogens (tertiary/aromatic N) is 3. The third kappa shape index (κ3) is 4.46. The van der Waals surface area contributed by atoms with E-state index >= 15 is 0 Å². The van der Waals surface area contributed by atoms with E-state index in [9.17, 15) is 0 Å². The summed E-state index contributed by atoms with van der Waals surface area (Å²) in [7, 11) is 0. The summed E-state index contributed by atoms with van der Waals surface area (Å²) in [5, 5.41) is 14.8. The lowest BCUT2D eigenvalue weighted by atomic mass is 9.98. The van der Waals surface area contributed by atoms with Crippen LogP contribution in [0.3, 0.4) is 0 Å². The number of para-hydroxylation sites is 1. The molecule has 0 bridgehead atoms. The van der Waals surface area contributed by atoms with Crippen molar-refractivity contribution in [2.75, 3.05) is 25.0 Å². The molecule has 2 aliphatic heterocycles. The van der Waals surface area contributed by atoms with Gasteiger partial charge in [0.15, 0.2) is 6.29 Å². The highest BCUT2D eigenvalue weighted by molar-refractivity contribution is 5.57. The lowest BCUT2D eigenvalue weighted by molar-refractivity contribution is 0.0352. The van der Waals surface area contributed by atoms with E-state index in [1.54, 1.807) is 0 Å². The molecule has 1 aliphatic carbocycles. The van der Waals surface area contributed by atoms with E-state index < -0.39 is 0 Å².